The Balaban J connectivity index is 1.24. The summed E-state index contributed by atoms with van der Waals surface area (Å²) in [7, 11) is 0. The van der Waals surface area contributed by atoms with E-state index >= 15 is 0 Å². The fourth-order valence-electron chi connectivity index (χ4n) is 4.69. The number of aromatic nitrogens is 1. The van der Waals surface area contributed by atoms with E-state index in [0.717, 1.165) is 51.0 Å². The van der Waals surface area contributed by atoms with Crippen molar-refractivity contribution in [2.75, 3.05) is 32.7 Å². The number of likely N-dealkylation sites (tertiary alicyclic amines) is 1. The minimum absolute atomic E-state index is 0.0351. The van der Waals surface area contributed by atoms with Gasteiger partial charge < -0.3 is 4.90 Å². The quantitative estimate of drug-likeness (QED) is 0.716. The molecule has 3 fully saturated rings. The summed E-state index contributed by atoms with van der Waals surface area (Å²) < 4.78 is 0. The summed E-state index contributed by atoms with van der Waals surface area (Å²) in [5.74, 6) is -0.337. The molecular weight excluding hydrogens is 356 g/mol. The molecule has 0 radical (unpaired) electrons. The number of rotatable bonds is 5. The molecule has 28 heavy (non-hydrogen) atoms. The number of pyridine rings is 1. The summed E-state index contributed by atoms with van der Waals surface area (Å²) in [6, 6.07) is 5.91. The molecule has 7 nitrogen and oxygen atoms in total. The van der Waals surface area contributed by atoms with Crippen molar-refractivity contribution >= 4 is 17.7 Å². The third-order valence-corrected chi connectivity index (χ3v) is 6.32. The van der Waals surface area contributed by atoms with Gasteiger partial charge in [0.2, 0.25) is 17.7 Å². The maximum absolute atomic E-state index is 12.6. The lowest BCUT2D eigenvalue weighted by Crippen LogP contribution is -2.49. The number of piperazine rings is 1. The number of hydrogen-bond donors (Lipinski definition) is 0. The Morgan fingerprint density at radius 2 is 1.68 bits per heavy atom. The van der Waals surface area contributed by atoms with Crippen molar-refractivity contribution in [2.45, 2.75) is 38.6 Å². The first-order chi connectivity index (χ1) is 13.6. The second-order valence-electron chi connectivity index (χ2n) is 8.05. The molecule has 2 unspecified atom stereocenters. The van der Waals surface area contributed by atoms with Gasteiger partial charge in [-0.1, -0.05) is 18.9 Å². The second-order valence-corrected chi connectivity index (χ2v) is 8.05. The zero-order valence-corrected chi connectivity index (χ0v) is 16.3. The first kappa shape index (κ1) is 19.1. The summed E-state index contributed by atoms with van der Waals surface area (Å²) in [4.78, 5) is 47.5. The molecule has 1 aromatic heterocycles. The maximum atomic E-state index is 12.6. The van der Waals surface area contributed by atoms with E-state index in [1.807, 2.05) is 23.1 Å². The van der Waals surface area contributed by atoms with Gasteiger partial charge >= 0.3 is 0 Å². The molecule has 1 aliphatic carbocycles. The monoisotopic (exact) mass is 384 g/mol. The summed E-state index contributed by atoms with van der Waals surface area (Å²) in [5, 5.41) is 0. The highest BCUT2D eigenvalue weighted by atomic mass is 16.2. The second kappa shape index (κ2) is 8.39. The Labute approximate surface area is 165 Å². The number of imide groups is 1. The lowest BCUT2D eigenvalue weighted by atomic mass is 9.81. The van der Waals surface area contributed by atoms with Crippen LogP contribution in [0.2, 0.25) is 0 Å². The average molecular weight is 384 g/mol. The molecule has 1 saturated carbocycles. The van der Waals surface area contributed by atoms with Crippen LogP contribution in [-0.2, 0) is 20.9 Å². The van der Waals surface area contributed by atoms with Crippen LogP contribution in [0.25, 0.3) is 0 Å². The number of nitrogens with zero attached hydrogens (tertiary/aromatic N) is 4. The van der Waals surface area contributed by atoms with Crippen molar-refractivity contribution in [1.82, 2.24) is 19.7 Å². The van der Waals surface area contributed by atoms with E-state index in [2.05, 4.69) is 9.88 Å². The van der Waals surface area contributed by atoms with Crippen molar-refractivity contribution in [1.29, 1.82) is 0 Å². The Morgan fingerprint density at radius 1 is 1.00 bits per heavy atom. The summed E-state index contributed by atoms with van der Waals surface area (Å²) in [6.07, 6.45) is 5.71. The van der Waals surface area contributed by atoms with E-state index in [0.29, 0.717) is 13.1 Å². The van der Waals surface area contributed by atoms with E-state index in [4.69, 9.17) is 0 Å². The lowest BCUT2D eigenvalue weighted by Gasteiger charge is -2.34. The molecule has 0 bridgehead atoms. The largest absolute Gasteiger partial charge is 0.340 e. The van der Waals surface area contributed by atoms with Gasteiger partial charge in [-0.3, -0.25) is 29.2 Å². The number of fused-ring (bicyclic) bond motifs is 1. The van der Waals surface area contributed by atoms with Gasteiger partial charge in [-0.05, 0) is 25.0 Å². The number of carbonyl (C=O) groups excluding carboxylic acids is 3. The maximum Gasteiger partial charge on any atom is 0.233 e. The Kier molecular flexibility index (Phi) is 5.71. The SMILES string of the molecule is O=C(CCN1C(=O)C2CCCCC2C1=O)N1CCN(Cc2ccccn2)CC1. The molecule has 4 rings (SSSR count). The normalized spacial score (nSPS) is 25.9. The van der Waals surface area contributed by atoms with Crippen LogP contribution < -0.4 is 0 Å². The molecule has 7 heteroatoms. The molecule has 0 N–H and O–H groups in total. The van der Waals surface area contributed by atoms with Crippen LogP contribution in [0.15, 0.2) is 24.4 Å². The molecule has 2 aliphatic heterocycles. The van der Waals surface area contributed by atoms with Crippen LogP contribution in [0.1, 0.15) is 37.8 Å². The van der Waals surface area contributed by atoms with Crippen molar-refractivity contribution in [3.63, 3.8) is 0 Å². The minimum Gasteiger partial charge on any atom is -0.340 e. The zero-order valence-electron chi connectivity index (χ0n) is 16.3. The Morgan fingerprint density at radius 3 is 2.29 bits per heavy atom. The van der Waals surface area contributed by atoms with Crippen LogP contribution in [0.3, 0.4) is 0 Å². The third kappa shape index (κ3) is 3.94. The van der Waals surface area contributed by atoms with Crippen LogP contribution in [0.4, 0.5) is 0 Å². The van der Waals surface area contributed by atoms with E-state index < -0.39 is 0 Å². The molecule has 0 spiro atoms. The lowest BCUT2D eigenvalue weighted by molar-refractivity contribution is -0.141. The van der Waals surface area contributed by atoms with Crippen LogP contribution in [-0.4, -0.2) is 70.1 Å². The number of amides is 3. The summed E-state index contributed by atoms with van der Waals surface area (Å²) in [6.45, 7) is 4.01. The van der Waals surface area contributed by atoms with E-state index in [1.54, 1.807) is 6.20 Å². The molecule has 3 aliphatic rings. The van der Waals surface area contributed by atoms with E-state index in [1.165, 1.54) is 4.90 Å². The molecule has 3 amide bonds. The van der Waals surface area contributed by atoms with Gasteiger partial charge in [0.25, 0.3) is 0 Å². The van der Waals surface area contributed by atoms with E-state index in [9.17, 15) is 14.4 Å². The predicted octanol–water partition coefficient (Wildman–Crippen LogP) is 1.29. The number of carbonyl (C=O) groups is 3. The fourth-order valence-corrected chi connectivity index (χ4v) is 4.69. The van der Waals surface area contributed by atoms with Crippen molar-refractivity contribution in [3.05, 3.63) is 30.1 Å². The van der Waals surface area contributed by atoms with Crippen LogP contribution >= 0.6 is 0 Å². The average Bonchev–Trinajstić information content (AvgIpc) is 2.98. The van der Waals surface area contributed by atoms with Gasteiger partial charge in [-0.15, -0.1) is 0 Å². The van der Waals surface area contributed by atoms with Gasteiger partial charge in [-0.2, -0.15) is 0 Å². The predicted molar refractivity (Wildman–Crippen MR) is 103 cm³/mol. The van der Waals surface area contributed by atoms with Crippen LogP contribution in [0, 0.1) is 11.8 Å². The Hall–Kier alpha value is -2.28. The van der Waals surface area contributed by atoms with Crippen LogP contribution in [0.5, 0.6) is 0 Å². The molecule has 2 atom stereocenters. The molecule has 3 heterocycles. The van der Waals surface area contributed by atoms with E-state index in [-0.39, 0.29) is 42.5 Å². The molecule has 2 saturated heterocycles. The molecule has 1 aromatic rings. The topological polar surface area (TPSA) is 73.8 Å². The highest BCUT2D eigenvalue weighted by molar-refractivity contribution is 6.05. The highest BCUT2D eigenvalue weighted by Crippen LogP contribution is 2.38. The summed E-state index contributed by atoms with van der Waals surface area (Å²) >= 11 is 0. The molecule has 150 valence electrons. The molecular formula is C21H28N4O3. The van der Waals surface area contributed by atoms with Crippen molar-refractivity contribution < 1.29 is 14.4 Å². The van der Waals surface area contributed by atoms with Gasteiger partial charge in [-0.25, -0.2) is 0 Å². The van der Waals surface area contributed by atoms with Gasteiger partial charge in [0, 0.05) is 51.9 Å². The van der Waals surface area contributed by atoms with Gasteiger partial charge in [0.05, 0.1) is 17.5 Å². The first-order valence-electron chi connectivity index (χ1n) is 10.4. The fraction of sp³-hybridized carbons (Fsp3) is 0.619. The summed E-state index contributed by atoms with van der Waals surface area (Å²) in [5.41, 5.74) is 1.04. The zero-order chi connectivity index (χ0) is 19.5. The Bertz CT molecular complexity index is 706. The highest BCUT2D eigenvalue weighted by Gasteiger charge is 2.47. The minimum atomic E-state index is -0.133. The first-order valence-corrected chi connectivity index (χ1v) is 10.4. The molecule has 0 aromatic carbocycles. The van der Waals surface area contributed by atoms with Gasteiger partial charge in [0.15, 0.2) is 0 Å². The third-order valence-electron chi connectivity index (χ3n) is 6.32. The van der Waals surface area contributed by atoms with Crippen molar-refractivity contribution in [2.24, 2.45) is 11.8 Å². The number of hydrogen-bond acceptors (Lipinski definition) is 5. The van der Waals surface area contributed by atoms with Crippen molar-refractivity contribution in [3.8, 4) is 0 Å². The smallest absolute Gasteiger partial charge is 0.233 e. The van der Waals surface area contributed by atoms with Gasteiger partial charge in [0.1, 0.15) is 0 Å². The standard InChI is InChI=1S/C21H28N4O3/c26-19(8-10-25-20(27)17-6-1-2-7-18(17)21(25)28)24-13-11-23(12-14-24)15-16-5-3-4-9-22-16/h3-5,9,17-18H,1-2,6-8,10-15H2.